The molecule has 1 N–H and O–H groups in total. The van der Waals surface area contributed by atoms with Gasteiger partial charge in [0.2, 0.25) is 11.8 Å². The summed E-state index contributed by atoms with van der Waals surface area (Å²) in [5.74, 6) is 0.0544. The summed E-state index contributed by atoms with van der Waals surface area (Å²) in [7, 11) is 0. The average molecular weight is 502 g/mol. The van der Waals surface area contributed by atoms with E-state index in [4.69, 9.17) is 4.74 Å². The van der Waals surface area contributed by atoms with E-state index in [1.807, 2.05) is 12.1 Å². The van der Waals surface area contributed by atoms with Crippen LogP contribution < -0.4 is 10.2 Å². The van der Waals surface area contributed by atoms with Gasteiger partial charge in [0.25, 0.3) is 5.91 Å². The van der Waals surface area contributed by atoms with Crippen LogP contribution in [0, 0.1) is 11.3 Å². The first-order chi connectivity index (χ1) is 18.0. The number of nitrogens with zero attached hydrogens (tertiary/aromatic N) is 2. The van der Waals surface area contributed by atoms with E-state index in [9.17, 15) is 14.4 Å². The summed E-state index contributed by atoms with van der Waals surface area (Å²) in [4.78, 5) is 40.9. The molecule has 1 spiro atoms. The molecule has 3 amide bonds. The molecule has 2 aromatic rings. The van der Waals surface area contributed by atoms with Gasteiger partial charge in [-0.2, -0.15) is 0 Å². The van der Waals surface area contributed by atoms with Crippen molar-refractivity contribution in [3.8, 4) is 0 Å². The Balaban J connectivity index is 0.979. The molecule has 0 radical (unpaired) electrons. The van der Waals surface area contributed by atoms with Crippen molar-refractivity contribution < 1.29 is 19.1 Å². The maximum absolute atomic E-state index is 13.0. The van der Waals surface area contributed by atoms with Crippen LogP contribution in [0.15, 0.2) is 48.5 Å². The molecule has 2 aromatic carbocycles. The third-order valence-electron chi connectivity index (χ3n) is 8.92. The number of amides is 3. The minimum absolute atomic E-state index is 0.109. The number of carbonyl (C=O) groups excluding carboxylic acids is 3. The number of hydrogen-bond acceptors (Lipinski definition) is 5. The van der Waals surface area contributed by atoms with Gasteiger partial charge in [-0.1, -0.05) is 30.3 Å². The van der Waals surface area contributed by atoms with Crippen LogP contribution in [0.2, 0.25) is 0 Å². The Morgan fingerprint density at radius 3 is 2.54 bits per heavy atom. The minimum atomic E-state index is -0.564. The predicted molar refractivity (Wildman–Crippen MR) is 140 cm³/mol. The maximum atomic E-state index is 13.0. The van der Waals surface area contributed by atoms with E-state index in [1.165, 1.54) is 31.2 Å². The van der Waals surface area contributed by atoms with Crippen LogP contribution in [-0.4, -0.2) is 48.4 Å². The van der Waals surface area contributed by atoms with Gasteiger partial charge in [0, 0.05) is 43.9 Å². The van der Waals surface area contributed by atoms with Crippen LogP contribution in [0.3, 0.4) is 0 Å². The quantitative estimate of drug-likeness (QED) is 0.458. The van der Waals surface area contributed by atoms with Gasteiger partial charge in [0.15, 0.2) is 0 Å². The van der Waals surface area contributed by atoms with E-state index in [0.29, 0.717) is 30.6 Å². The Bertz CT molecular complexity index is 1180. The van der Waals surface area contributed by atoms with Gasteiger partial charge in [-0.3, -0.25) is 19.7 Å². The van der Waals surface area contributed by atoms with E-state index in [2.05, 4.69) is 46.6 Å². The van der Waals surface area contributed by atoms with Gasteiger partial charge < -0.3 is 14.5 Å². The second-order valence-corrected chi connectivity index (χ2v) is 11.3. The summed E-state index contributed by atoms with van der Waals surface area (Å²) in [6.45, 7) is 4.05. The van der Waals surface area contributed by atoms with Crippen molar-refractivity contribution in [2.45, 2.75) is 64.1 Å². The van der Waals surface area contributed by atoms with Crippen molar-refractivity contribution in [3.63, 3.8) is 0 Å². The van der Waals surface area contributed by atoms with Crippen LogP contribution in [0.4, 0.5) is 5.69 Å². The molecule has 1 aliphatic carbocycles. The number of ether oxygens (including phenoxy) is 1. The smallest absolute Gasteiger partial charge is 0.255 e. The van der Waals surface area contributed by atoms with Gasteiger partial charge in [-0.05, 0) is 79.2 Å². The van der Waals surface area contributed by atoms with Crippen LogP contribution in [0.5, 0.6) is 0 Å². The summed E-state index contributed by atoms with van der Waals surface area (Å²) < 4.78 is 5.90. The zero-order valence-electron chi connectivity index (χ0n) is 21.3. The molecule has 0 aromatic heterocycles. The normalized spacial score (nSPS) is 23.2. The predicted octanol–water partition coefficient (Wildman–Crippen LogP) is 4.05. The standard InChI is InChI=1S/C30H35N3O4/c34-27-9-8-26(28(35)31-27)33-19-23-16-24(6-7-25(23)29(33)36)32-13-11-30(12-14-32)17-22(18-30)10-15-37-20-21-4-2-1-3-5-21/h1-7,16,22,26H,8-15,17-20H2,(H,31,34,35). The number of imide groups is 1. The van der Waals surface area contributed by atoms with Gasteiger partial charge in [0.05, 0.1) is 6.61 Å². The molecule has 1 unspecified atom stereocenters. The molecule has 3 fully saturated rings. The number of anilines is 1. The molecular weight excluding hydrogens is 466 g/mol. The molecule has 3 aliphatic heterocycles. The van der Waals surface area contributed by atoms with Crippen LogP contribution >= 0.6 is 0 Å². The van der Waals surface area contributed by atoms with E-state index < -0.39 is 6.04 Å². The van der Waals surface area contributed by atoms with Crippen molar-refractivity contribution in [2.75, 3.05) is 24.6 Å². The van der Waals surface area contributed by atoms with Gasteiger partial charge in [-0.25, -0.2) is 0 Å². The fourth-order valence-corrected chi connectivity index (χ4v) is 6.79. The van der Waals surface area contributed by atoms with Gasteiger partial charge in [0.1, 0.15) is 6.04 Å². The van der Waals surface area contributed by atoms with Crippen molar-refractivity contribution in [3.05, 3.63) is 65.2 Å². The number of carbonyl (C=O) groups is 3. The summed E-state index contributed by atoms with van der Waals surface area (Å²) >= 11 is 0. The summed E-state index contributed by atoms with van der Waals surface area (Å²) in [5.41, 5.74) is 4.55. The van der Waals surface area contributed by atoms with E-state index in [1.54, 1.807) is 4.90 Å². The van der Waals surface area contributed by atoms with Crippen molar-refractivity contribution in [1.82, 2.24) is 10.2 Å². The molecule has 1 atom stereocenters. The highest BCUT2D eigenvalue weighted by Gasteiger charge is 2.45. The lowest BCUT2D eigenvalue weighted by Crippen LogP contribution is -2.52. The van der Waals surface area contributed by atoms with Crippen LogP contribution in [-0.2, 0) is 27.5 Å². The lowest BCUT2D eigenvalue weighted by molar-refractivity contribution is -0.136. The SMILES string of the molecule is O=C1CCC(N2Cc3cc(N4CCC5(CC4)CC(CCOCc4ccccc4)C5)ccc3C2=O)C(=O)N1. The molecular formula is C30H35N3O4. The first-order valence-corrected chi connectivity index (χ1v) is 13.6. The molecule has 2 saturated heterocycles. The van der Waals surface area contributed by atoms with Crippen LogP contribution in [0.1, 0.15) is 66.4 Å². The summed E-state index contributed by atoms with van der Waals surface area (Å²) in [5, 5.41) is 2.37. The van der Waals surface area contributed by atoms with Gasteiger partial charge in [-0.15, -0.1) is 0 Å². The minimum Gasteiger partial charge on any atom is -0.377 e. The Morgan fingerprint density at radius 2 is 1.78 bits per heavy atom. The molecule has 3 heterocycles. The number of benzene rings is 2. The topological polar surface area (TPSA) is 79.0 Å². The van der Waals surface area contributed by atoms with Gasteiger partial charge >= 0.3 is 0 Å². The Morgan fingerprint density at radius 1 is 1.00 bits per heavy atom. The van der Waals surface area contributed by atoms with Crippen LogP contribution in [0.25, 0.3) is 0 Å². The first kappa shape index (κ1) is 24.2. The molecule has 37 heavy (non-hydrogen) atoms. The first-order valence-electron chi connectivity index (χ1n) is 13.6. The average Bonchev–Trinajstić information content (AvgIpc) is 3.22. The lowest BCUT2D eigenvalue weighted by Gasteiger charge is -2.53. The highest BCUT2D eigenvalue weighted by Crippen LogP contribution is 2.54. The monoisotopic (exact) mass is 501 g/mol. The van der Waals surface area contributed by atoms with E-state index >= 15 is 0 Å². The Kier molecular flexibility index (Phi) is 6.49. The third-order valence-corrected chi connectivity index (χ3v) is 8.92. The fourth-order valence-electron chi connectivity index (χ4n) is 6.79. The Hall–Kier alpha value is -3.19. The van der Waals surface area contributed by atoms with Crippen molar-refractivity contribution >= 4 is 23.4 Å². The zero-order chi connectivity index (χ0) is 25.4. The highest BCUT2D eigenvalue weighted by atomic mass is 16.5. The second kappa shape index (κ2) is 9.93. The molecule has 7 heteroatoms. The number of nitrogens with one attached hydrogen (secondary N) is 1. The zero-order valence-corrected chi connectivity index (χ0v) is 21.3. The molecule has 0 bridgehead atoms. The molecule has 7 nitrogen and oxygen atoms in total. The molecule has 4 aliphatic rings. The third kappa shape index (κ3) is 4.89. The lowest BCUT2D eigenvalue weighted by atomic mass is 9.57. The highest BCUT2D eigenvalue weighted by molar-refractivity contribution is 6.05. The number of rotatable bonds is 7. The molecule has 194 valence electrons. The van der Waals surface area contributed by atoms with Crippen molar-refractivity contribution in [1.29, 1.82) is 0 Å². The number of fused-ring (bicyclic) bond motifs is 1. The fraction of sp³-hybridized carbons (Fsp3) is 0.500. The number of piperidine rings is 2. The van der Waals surface area contributed by atoms with Crippen molar-refractivity contribution in [2.24, 2.45) is 11.3 Å². The number of hydrogen-bond donors (Lipinski definition) is 1. The van der Waals surface area contributed by atoms with E-state index in [-0.39, 0.29) is 24.1 Å². The summed E-state index contributed by atoms with van der Waals surface area (Å²) in [6, 6.07) is 15.9. The molecule has 1 saturated carbocycles. The summed E-state index contributed by atoms with van der Waals surface area (Å²) in [6.07, 6.45) is 6.88. The second-order valence-electron chi connectivity index (χ2n) is 11.3. The molecule has 6 rings (SSSR count). The maximum Gasteiger partial charge on any atom is 0.255 e. The van der Waals surface area contributed by atoms with E-state index in [0.717, 1.165) is 43.3 Å². The Labute approximate surface area is 218 Å². The largest absolute Gasteiger partial charge is 0.377 e.